The van der Waals surface area contributed by atoms with Gasteiger partial charge in [0.25, 0.3) is 0 Å². The molecular weight excluding hydrogens is 214 g/mol. The van der Waals surface area contributed by atoms with E-state index in [4.69, 9.17) is 10.2 Å². The normalized spacial score (nSPS) is 12.2. The average Bonchev–Trinajstić information content (AvgIpc) is 2.25. The number of likely N-dealkylation sites (N-methyl/N-ethyl adjacent to an activating group) is 1. The lowest BCUT2D eigenvalue weighted by Gasteiger charge is -2.14. The highest BCUT2D eigenvalue weighted by Crippen LogP contribution is 1.80. The van der Waals surface area contributed by atoms with Gasteiger partial charge < -0.3 is 25.7 Å². The number of carboxylic acids is 1. The van der Waals surface area contributed by atoms with E-state index in [0.29, 0.717) is 13.1 Å². The van der Waals surface area contributed by atoms with Crippen molar-refractivity contribution in [1.82, 2.24) is 15.5 Å². The van der Waals surface area contributed by atoms with E-state index in [2.05, 4.69) is 10.6 Å². The Labute approximate surface area is 94.4 Å². The van der Waals surface area contributed by atoms with Gasteiger partial charge in [0.05, 0.1) is 6.54 Å². The van der Waals surface area contributed by atoms with E-state index in [9.17, 15) is 9.59 Å². The number of aliphatic hydroxyl groups excluding tert-OH is 1. The molecule has 0 fully saturated rings. The Hall–Kier alpha value is -1.34. The standard InChI is InChI=1S/C9H19N3O4/c1-3-12(2)5-4-10-9(16)11-6-7(13)8(14)15/h7,13H,3-6H2,1-2H3,(H,14,15)(H2,10,11,16)/t7-/m0/s1. The molecule has 0 aliphatic rings. The van der Waals surface area contributed by atoms with Crippen LogP contribution in [0, 0.1) is 0 Å². The first-order valence-corrected chi connectivity index (χ1v) is 5.08. The minimum atomic E-state index is -1.57. The molecule has 0 aromatic heterocycles. The van der Waals surface area contributed by atoms with Gasteiger partial charge in [0.15, 0.2) is 6.10 Å². The van der Waals surface area contributed by atoms with Crippen LogP contribution >= 0.6 is 0 Å². The number of nitrogens with zero attached hydrogens (tertiary/aromatic N) is 1. The van der Waals surface area contributed by atoms with Crippen LogP contribution in [0.5, 0.6) is 0 Å². The van der Waals surface area contributed by atoms with Crippen molar-refractivity contribution >= 4 is 12.0 Å². The zero-order chi connectivity index (χ0) is 12.6. The zero-order valence-corrected chi connectivity index (χ0v) is 9.56. The SMILES string of the molecule is CCN(C)CCNC(=O)NC[C@H](O)C(=O)O. The summed E-state index contributed by atoms with van der Waals surface area (Å²) in [5.74, 6) is -1.36. The van der Waals surface area contributed by atoms with Crippen molar-refractivity contribution in [1.29, 1.82) is 0 Å². The predicted octanol–water partition coefficient (Wildman–Crippen LogP) is -1.32. The molecule has 0 unspecified atom stereocenters. The van der Waals surface area contributed by atoms with Crippen LogP contribution in [0.2, 0.25) is 0 Å². The first-order valence-electron chi connectivity index (χ1n) is 5.08. The Bertz CT molecular complexity index is 235. The van der Waals surface area contributed by atoms with E-state index in [1.54, 1.807) is 0 Å². The average molecular weight is 233 g/mol. The van der Waals surface area contributed by atoms with Gasteiger partial charge in [-0.1, -0.05) is 6.92 Å². The molecule has 0 spiro atoms. The maximum atomic E-state index is 11.1. The fourth-order valence-corrected chi connectivity index (χ4v) is 0.858. The Morgan fingerprint density at radius 1 is 1.38 bits per heavy atom. The van der Waals surface area contributed by atoms with Crippen molar-refractivity contribution in [3.8, 4) is 0 Å². The van der Waals surface area contributed by atoms with Gasteiger partial charge in [-0.15, -0.1) is 0 Å². The molecule has 94 valence electrons. The summed E-state index contributed by atoms with van der Waals surface area (Å²) in [7, 11) is 1.92. The van der Waals surface area contributed by atoms with Gasteiger partial charge in [0, 0.05) is 13.1 Å². The molecule has 0 aromatic carbocycles. The van der Waals surface area contributed by atoms with Crippen molar-refractivity contribution in [2.45, 2.75) is 13.0 Å². The van der Waals surface area contributed by atoms with Crippen molar-refractivity contribution < 1.29 is 19.8 Å². The van der Waals surface area contributed by atoms with Crippen molar-refractivity contribution in [3.05, 3.63) is 0 Å². The van der Waals surface area contributed by atoms with Crippen LogP contribution in [0.1, 0.15) is 6.92 Å². The molecule has 16 heavy (non-hydrogen) atoms. The number of urea groups is 1. The predicted molar refractivity (Wildman–Crippen MR) is 58.2 cm³/mol. The lowest BCUT2D eigenvalue weighted by molar-refractivity contribution is -0.146. The number of nitrogens with one attached hydrogen (secondary N) is 2. The van der Waals surface area contributed by atoms with Crippen LogP contribution < -0.4 is 10.6 Å². The third kappa shape index (κ3) is 7.02. The van der Waals surface area contributed by atoms with E-state index in [-0.39, 0.29) is 6.54 Å². The van der Waals surface area contributed by atoms with Crippen LogP contribution in [0.4, 0.5) is 4.79 Å². The van der Waals surface area contributed by atoms with Crippen LogP contribution in [0.3, 0.4) is 0 Å². The number of aliphatic hydroxyl groups is 1. The number of carbonyl (C=O) groups is 2. The Morgan fingerprint density at radius 3 is 2.50 bits per heavy atom. The van der Waals surface area contributed by atoms with Crippen LogP contribution in [-0.4, -0.2) is 66.4 Å². The highest BCUT2D eigenvalue weighted by atomic mass is 16.4. The maximum absolute atomic E-state index is 11.1. The molecule has 0 aromatic rings. The molecule has 0 bridgehead atoms. The lowest BCUT2D eigenvalue weighted by atomic mass is 10.4. The van der Waals surface area contributed by atoms with Crippen LogP contribution in [-0.2, 0) is 4.79 Å². The second-order valence-electron chi connectivity index (χ2n) is 3.39. The lowest BCUT2D eigenvalue weighted by Crippen LogP contribution is -2.43. The molecule has 7 nitrogen and oxygen atoms in total. The van der Waals surface area contributed by atoms with Crippen LogP contribution in [0.25, 0.3) is 0 Å². The summed E-state index contributed by atoms with van der Waals surface area (Å²) >= 11 is 0. The van der Waals surface area contributed by atoms with Crippen molar-refractivity contribution in [3.63, 3.8) is 0 Å². The summed E-state index contributed by atoms with van der Waals surface area (Å²) in [6.07, 6.45) is -1.57. The van der Waals surface area contributed by atoms with Gasteiger partial charge in [-0.05, 0) is 13.6 Å². The quantitative estimate of drug-likeness (QED) is 0.437. The molecule has 0 saturated heterocycles. The Balaban J connectivity index is 3.56. The molecule has 0 rings (SSSR count). The first kappa shape index (κ1) is 14.7. The van der Waals surface area contributed by atoms with Crippen molar-refractivity contribution in [2.75, 3.05) is 33.2 Å². The van der Waals surface area contributed by atoms with Gasteiger partial charge in [-0.2, -0.15) is 0 Å². The third-order valence-electron chi connectivity index (χ3n) is 2.06. The monoisotopic (exact) mass is 233 g/mol. The van der Waals surface area contributed by atoms with Gasteiger partial charge >= 0.3 is 12.0 Å². The smallest absolute Gasteiger partial charge is 0.334 e. The van der Waals surface area contributed by atoms with E-state index < -0.39 is 18.1 Å². The summed E-state index contributed by atoms with van der Waals surface area (Å²) < 4.78 is 0. The summed E-state index contributed by atoms with van der Waals surface area (Å²) in [5.41, 5.74) is 0. The highest BCUT2D eigenvalue weighted by molar-refractivity contribution is 5.76. The van der Waals surface area contributed by atoms with Gasteiger partial charge in [0.2, 0.25) is 0 Å². The van der Waals surface area contributed by atoms with E-state index in [0.717, 1.165) is 6.54 Å². The molecule has 0 aliphatic carbocycles. The third-order valence-corrected chi connectivity index (χ3v) is 2.06. The molecule has 0 aliphatic heterocycles. The summed E-state index contributed by atoms with van der Waals surface area (Å²) in [4.78, 5) is 23.3. The van der Waals surface area contributed by atoms with Crippen LogP contribution in [0.15, 0.2) is 0 Å². The second kappa shape index (κ2) is 7.89. The molecule has 1 atom stereocenters. The number of hydrogen-bond donors (Lipinski definition) is 4. The van der Waals surface area contributed by atoms with E-state index in [1.165, 1.54) is 0 Å². The molecule has 7 heteroatoms. The van der Waals surface area contributed by atoms with Gasteiger partial charge in [-0.3, -0.25) is 0 Å². The zero-order valence-electron chi connectivity index (χ0n) is 9.56. The molecule has 0 heterocycles. The maximum Gasteiger partial charge on any atom is 0.334 e. The molecular formula is C9H19N3O4. The Morgan fingerprint density at radius 2 is 2.00 bits per heavy atom. The molecule has 2 amide bonds. The number of amides is 2. The fourth-order valence-electron chi connectivity index (χ4n) is 0.858. The number of carbonyl (C=O) groups excluding carboxylic acids is 1. The summed E-state index contributed by atoms with van der Waals surface area (Å²) in [5, 5.41) is 22.0. The Kier molecular flexibility index (Phi) is 7.23. The number of aliphatic carboxylic acids is 1. The number of carboxylic acid groups (broad SMARTS) is 1. The second-order valence-corrected chi connectivity index (χ2v) is 3.39. The van der Waals surface area contributed by atoms with Gasteiger partial charge in [-0.25, -0.2) is 9.59 Å². The largest absolute Gasteiger partial charge is 0.479 e. The number of hydrogen-bond acceptors (Lipinski definition) is 4. The first-order chi connectivity index (χ1) is 7.47. The molecule has 0 radical (unpaired) electrons. The van der Waals surface area contributed by atoms with E-state index >= 15 is 0 Å². The molecule has 0 saturated carbocycles. The fraction of sp³-hybridized carbons (Fsp3) is 0.778. The van der Waals surface area contributed by atoms with E-state index in [1.807, 2.05) is 18.9 Å². The minimum absolute atomic E-state index is 0.301. The summed E-state index contributed by atoms with van der Waals surface area (Å²) in [6, 6.07) is -0.482. The van der Waals surface area contributed by atoms with Gasteiger partial charge in [0.1, 0.15) is 0 Å². The topological polar surface area (TPSA) is 102 Å². The van der Waals surface area contributed by atoms with Crippen molar-refractivity contribution in [2.24, 2.45) is 0 Å². The summed E-state index contributed by atoms with van der Waals surface area (Å²) in [6.45, 7) is 3.78. The molecule has 4 N–H and O–H groups in total. The highest BCUT2D eigenvalue weighted by Gasteiger charge is 2.13. The minimum Gasteiger partial charge on any atom is -0.479 e. The number of rotatable bonds is 7.